The fraction of sp³-hybridized carbons (Fsp3) is 0.417. The van der Waals surface area contributed by atoms with Crippen LogP contribution in [-0.4, -0.2) is 30.2 Å². The van der Waals surface area contributed by atoms with Gasteiger partial charge in [0.15, 0.2) is 0 Å². The second-order valence-electron chi connectivity index (χ2n) is 3.86. The first kappa shape index (κ1) is 13.6. The molecule has 0 bridgehead atoms. The zero-order valence-corrected chi connectivity index (χ0v) is 10.1. The predicted octanol–water partition coefficient (Wildman–Crippen LogP) is 1.58. The molecule has 5 heteroatoms. The molecule has 1 aromatic rings. The molecule has 0 aliphatic rings. The van der Waals surface area contributed by atoms with Gasteiger partial charge in [0.2, 0.25) is 5.91 Å². The van der Waals surface area contributed by atoms with Crippen molar-refractivity contribution >= 4 is 5.91 Å². The lowest BCUT2D eigenvalue weighted by atomic mass is 10.0. The number of halogens is 1. The Balaban J connectivity index is 2.76. The molecule has 4 nitrogen and oxygen atoms in total. The van der Waals surface area contributed by atoms with E-state index in [0.717, 1.165) is 5.06 Å². The average Bonchev–Trinajstić information content (AvgIpc) is 2.26. The lowest BCUT2D eigenvalue weighted by molar-refractivity contribution is -0.170. The van der Waals surface area contributed by atoms with Crippen molar-refractivity contribution in [1.29, 1.82) is 0 Å². The average molecular weight is 241 g/mol. The van der Waals surface area contributed by atoms with E-state index in [1.165, 1.54) is 26.3 Å². The van der Waals surface area contributed by atoms with Crippen LogP contribution in [0.3, 0.4) is 0 Å². The topological polar surface area (TPSA) is 49.8 Å². The lowest BCUT2D eigenvalue weighted by Gasteiger charge is -2.17. The van der Waals surface area contributed by atoms with Crippen LogP contribution in [0.2, 0.25) is 0 Å². The minimum atomic E-state index is -1.03. The SMILES string of the molecule is CON(C)C(=O)CC(O)c1cc(C)cc(F)c1. The molecule has 17 heavy (non-hydrogen) atoms. The van der Waals surface area contributed by atoms with E-state index in [0.29, 0.717) is 11.1 Å². The Morgan fingerprint density at radius 3 is 2.71 bits per heavy atom. The van der Waals surface area contributed by atoms with Crippen LogP contribution in [-0.2, 0) is 9.63 Å². The number of carbonyl (C=O) groups is 1. The molecule has 1 N–H and O–H groups in total. The minimum absolute atomic E-state index is 0.146. The van der Waals surface area contributed by atoms with Crippen molar-refractivity contribution in [3.8, 4) is 0 Å². The highest BCUT2D eigenvalue weighted by Gasteiger charge is 2.17. The van der Waals surface area contributed by atoms with Gasteiger partial charge >= 0.3 is 0 Å². The van der Waals surface area contributed by atoms with E-state index >= 15 is 0 Å². The smallest absolute Gasteiger partial charge is 0.248 e. The van der Waals surface area contributed by atoms with E-state index in [4.69, 9.17) is 4.84 Å². The van der Waals surface area contributed by atoms with Gasteiger partial charge in [0.25, 0.3) is 0 Å². The van der Waals surface area contributed by atoms with E-state index in [1.54, 1.807) is 13.0 Å². The first-order valence-corrected chi connectivity index (χ1v) is 5.20. The van der Waals surface area contributed by atoms with Gasteiger partial charge in [-0.25, -0.2) is 9.45 Å². The van der Waals surface area contributed by atoms with Crippen LogP contribution in [0.25, 0.3) is 0 Å². The van der Waals surface area contributed by atoms with Gasteiger partial charge in [-0.05, 0) is 30.2 Å². The van der Waals surface area contributed by atoms with Gasteiger partial charge in [-0.15, -0.1) is 0 Å². The third-order valence-corrected chi connectivity index (χ3v) is 2.44. The molecule has 1 aromatic carbocycles. The van der Waals surface area contributed by atoms with Crippen LogP contribution < -0.4 is 0 Å². The molecular formula is C12H16FNO3. The molecular weight excluding hydrogens is 225 g/mol. The first-order valence-electron chi connectivity index (χ1n) is 5.20. The highest BCUT2D eigenvalue weighted by Crippen LogP contribution is 2.20. The molecule has 1 unspecified atom stereocenters. The highest BCUT2D eigenvalue weighted by atomic mass is 19.1. The Morgan fingerprint density at radius 2 is 2.18 bits per heavy atom. The van der Waals surface area contributed by atoms with Gasteiger partial charge in [-0.2, -0.15) is 0 Å². The molecule has 0 aliphatic carbocycles. The quantitative estimate of drug-likeness (QED) is 0.814. The standard InChI is InChI=1S/C12H16FNO3/c1-8-4-9(6-10(13)5-8)11(15)7-12(16)14(2)17-3/h4-6,11,15H,7H2,1-3H3. The van der Waals surface area contributed by atoms with Crippen LogP contribution in [0.1, 0.15) is 23.7 Å². The van der Waals surface area contributed by atoms with Gasteiger partial charge in [0.1, 0.15) is 5.82 Å². The van der Waals surface area contributed by atoms with Crippen LogP contribution in [0.15, 0.2) is 18.2 Å². The summed E-state index contributed by atoms with van der Waals surface area (Å²) in [5, 5.41) is 10.8. The molecule has 1 amide bonds. The Morgan fingerprint density at radius 1 is 1.53 bits per heavy atom. The Kier molecular flexibility index (Phi) is 4.60. The van der Waals surface area contributed by atoms with Gasteiger partial charge in [-0.3, -0.25) is 9.63 Å². The van der Waals surface area contributed by atoms with Gasteiger partial charge in [0.05, 0.1) is 19.6 Å². The Bertz CT molecular complexity index is 388. The molecule has 0 heterocycles. The van der Waals surface area contributed by atoms with Gasteiger partial charge in [0, 0.05) is 7.05 Å². The van der Waals surface area contributed by atoms with E-state index in [-0.39, 0.29) is 12.3 Å². The summed E-state index contributed by atoms with van der Waals surface area (Å²) in [5.74, 6) is -0.798. The molecule has 1 rings (SSSR count). The predicted molar refractivity (Wildman–Crippen MR) is 60.5 cm³/mol. The molecule has 0 fully saturated rings. The number of carbonyl (C=O) groups excluding carboxylic acids is 1. The number of rotatable bonds is 4. The number of amides is 1. The third kappa shape index (κ3) is 3.80. The van der Waals surface area contributed by atoms with E-state index < -0.39 is 11.9 Å². The number of aliphatic hydroxyl groups is 1. The molecule has 0 aromatic heterocycles. The molecule has 0 spiro atoms. The highest BCUT2D eigenvalue weighted by molar-refractivity contribution is 5.75. The van der Waals surface area contributed by atoms with Crippen LogP contribution in [0.4, 0.5) is 4.39 Å². The zero-order valence-electron chi connectivity index (χ0n) is 10.1. The number of aliphatic hydroxyl groups excluding tert-OH is 1. The second-order valence-corrected chi connectivity index (χ2v) is 3.86. The zero-order chi connectivity index (χ0) is 13.0. The summed E-state index contributed by atoms with van der Waals surface area (Å²) in [5.41, 5.74) is 1.09. The van der Waals surface area contributed by atoms with E-state index in [2.05, 4.69) is 0 Å². The summed E-state index contributed by atoms with van der Waals surface area (Å²) in [6, 6.07) is 4.23. The van der Waals surface area contributed by atoms with Crippen molar-refractivity contribution in [2.45, 2.75) is 19.4 Å². The van der Waals surface area contributed by atoms with Crippen molar-refractivity contribution in [2.24, 2.45) is 0 Å². The van der Waals surface area contributed by atoms with Gasteiger partial charge in [-0.1, -0.05) is 6.07 Å². The molecule has 1 atom stereocenters. The number of nitrogens with zero attached hydrogens (tertiary/aromatic N) is 1. The Hall–Kier alpha value is -1.46. The normalized spacial score (nSPS) is 12.3. The summed E-state index contributed by atoms with van der Waals surface area (Å²) >= 11 is 0. The van der Waals surface area contributed by atoms with Crippen LogP contribution in [0, 0.1) is 12.7 Å². The number of hydrogen-bond donors (Lipinski definition) is 1. The van der Waals surface area contributed by atoms with Crippen molar-refractivity contribution < 1.29 is 19.1 Å². The summed E-state index contributed by atoms with van der Waals surface area (Å²) in [7, 11) is 2.81. The van der Waals surface area contributed by atoms with Crippen molar-refractivity contribution in [2.75, 3.05) is 14.2 Å². The van der Waals surface area contributed by atoms with Crippen molar-refractivity contribution in [3.05, 3.63) is 35.1 Å². The van der Waals surface area contributed by atoms with Crippen molar-refractivity contribution in [1.82, 2.24) is 5.06 Å². The number of hydrogen-bond acceptors (Lipinski definition) is 3. The largest absolute Gasteiger partial charge is 0.388 e. The summed E-state index contributed by atoms with van der Waals surface area (Å²) in [4.78, 5) is 16.2. The maximum Gasteiger partial charge on any atom is 0.248 e. The molecule has 0 saturated heterocycles. The molecule has 0 radical (unpaired) electrons. The monoisotopic (exact) mass is 241 g/mol. The third-order valence-electron chi connectivity index (χ3n) is 2.44. The van der Waals surface area contributed by atoms with E-state index in [9.17, 15) is 14.3 Å². The maximum absolute atomic E-state index is 13.1. The molecule has 0 saturated carbocycles. The second kappa shape index (κ2) is 5.75. The van der Waals surface area contributed by atoms with Gasteiger partial charge < -0.3 is 5.11 Å². The van der Waals surface area contributed by atoms with Crippen molar-refractivity contribution in [3.63, 3.8) is 0 Å². The number of aryl methyl sites for hydroxylation is 1. The Labute approximate surface area is 99.6 Å². The first-order chi connectivity index (χ1) is 7.93. The lowest BCUT2D eigenvalue weighted by Crippen LogP contribution is -2.26. The molecule has 94 valence electrons. The summed E-state index contributed by atoms with van der Waals surface area (Å²) in [6.07, 6.45) is -1.18. The number of hydroxylamine groups is 2. The number of benzene rings is 1. The van der Waals surface area contributed by atoms with E-state index in [1.807, 2.05) is 0 Å². The summed E-state index contributed by atoms with van der Waals surface area (Å²) < 4.78 is 13.1. The maximum atomic E-state index is 13.1. The summed E-state index contributed by atoms with van der Waals surface area (Å²) in [6.45, 7) is 1.72. The van der Waals surface area contributed by atoms with Crippen LogP contribution in [0.5, 0.6) is 0 Å². The minimum Gasteiger partial charge on any atom is -0.388 e. The van der Waals surface area contributed by atoms with Crippen LogP contribution >= 0.6 is 0 Å². The fourth-order valence-electron chi connectivity index (χ4n) is 1.47. The fourth-order valence-corrected chi connectivity index (χ4v) is 1.47. The molecule has 0 aliphatic heterocycles.